The monoisotopic (exact) mass is 427 g/mol. The zero-order valence-electron chi connectivity index (χ0n) is 13.5. The van der Waals surface area contributed by atoms with Crippen molar-refractivity contribution >= 4 is 51.2 Å². The van der Waals surface area contributed by atoms with Crippen LogP contribution in [0.25, 0.3) is 6.08 Å². The molecule has 1 heterocycles. The summed E-state index contributed by atoms with van der Waals surface area (Å²) in [5, 5.41) is 3.14. The summed E-state index contributed by atoms with van der Waals surface area (Å²) in [6.07, 6.45) is 2.61. The molecule has 0 spiro atoms. The van der Waals surface area contributed by atoms with Crippen LogP contribution in [-0.2, 0) is 14.3 Å². The summed E-state index contributed by atoms with van der Waals surface area (Å²) in [5.41, 5.74) is 1.23. The Morgan fingerprint density at radius 3 is 2.76 bits per heavy atom. The van der Waals surface area contributed by atoms with E-state index in [1.165, 1.54) is 19.3 Å². The van der Waals surface area contributed by atoms with Gasteiger partial charge in [0.25, 0.3) is 5.91 Å². The fraction of sp³-hybridized carbons (Fsp3) is 0.176. The summed E-state index contributed by atoms with van der Waals surface area (Å²) < 4.78 is 15.8. The number of hydrogen-bond donors (Lipinski definition) is 1. The first-order valence-electron chi connectivity index (χ1n) is 7.13. The third-order valence-electron chi connectivity index (χ3n) is 3.08. The molecule has 0 fully saturated rings. The maximum Gasteiger partial charge on any atom is 0.331 e. The molecule has 0 aliphatic heterocycles. The second-order valence-electron chi connectivity index (χ2n) is 4.93. The van der Waals surface area contributed by atoms with Gasteiger partial charge in [-0.15, -0.1) is 0 Å². The predicted octanol–water partition coefficient (Wildman–Crippen LogP) is 4.21. The molecule has 0 saturated heterocycles. The number of rotatable bonds is 6. The molecule has 1 amide bonds. The number of nitrogens with one attached hydrogen (secondary N) is 1. The number of methoxy groups -OCH3 is 1. The van der Waals surface area contributed by atoms with E-state index in [-0.39, 0.29) is 0 Å². The Hall–Kier alpha value is -2.25. The number of esters is 1. The van der Waals surface area contributed by atoms with Gasteiger partial charge in [-0.3, -0.25) is 4.79 Å². The molecular formula is C17H15BrClNO5. The van der Waals surface area contributed by atoms with Gasteiger partial charge >= 0.3 is 5.97 Å². The molecule has 0 atom stereocenters. The van der Waals surface area contributed by atoms with E-state index in [9.17, 15) is 9.59 Å². The van der Waals surface area contributed by atoms with Crippen LogP contribution in [0, 0.1) is 6.92 Å². The highest BCUT2D eigenvalue weighted by atomic mass is 79.9. The standard InChI is InChI=1S/C17H15BrClNO5/c1-10-7-13(14(23-2)8-12(10)19)20-16(21)9-24-17(22)6-4-11-3-5-15(18)25-11/h3-8H,9H2,1-2H3,(H,20,21)/b6-4+. The quantitative estimate of drug-likeness (QED) is 0.551. The van der Waals surface area contributed by atoms with E-state index in [1.807, 2.05) is 0 Å². The van der Waals surface area contributed by atoms with Gasteiger partial charge in [0.1, 0.15) is 11.5 Å². The fourth-order valence-electron chi connectivity index (χ4n) is 1.87. The second-order valence-corrected chi connectivity index (χ2v) is 6.12. The lowest BCUT2D eigenvalue weighted by Crippen LogP contribution is -2.20. The fourth-order valence-corrected chi connectivity index (χ4v) is 2.34. The van der Waals surface area contributed by atoms with Crippen LogP contribution in [0.3, 0.4) is 0 Å². The number of carbonyl (C=O) groups is 2. The molecule has 2 rings (SSSR count). The molecule has 0 aliphatic carbocycles. The van der Waals surface area contributed by atoms with E-state index < -0.39 is 18.5 Å². The minimum Gasteiger partial charge on any atom is -0.495 e. The highest BCUT2D eigenvalue weighted by Gasteiger charge is 2.11. The highest BCUT2D eigenvalue weighted by molar-refractivity contribution is 9.10. The van der Waals surface area contributed by atoms with E-state index in [0.29, 0.717) is 26.9 Å². The zero-order valence-corrected chi connectivity index (χ0v) is 15.8. The van der Waals surface area contributed by atoms with E-state index >= 15 is 0 Å². The molecule has 0 aliphatic rings. The van der Waals surface area contributed by atoms with Gasteiger partial charge in [0.2, 0.25) is 0 Å². The van der Waals surface area contributed by atoms with Crippen molar-refractivity contribution in [3.8, 4) is 5.75 Å². The van der Waals surface area contributed by atoms with Crippen LogP contribution >= 0.6 is 27.5 Å². The molecule has 0 unspecified atom stereocenters. The summed E-state index contributed by atoms with van der Waals surface area (Å²) >= 11 is 9.16. The van der Waals surface area contributed by atoms with Gasteiger partial charge in [-0.25, -0.2) is 4.79 Å². The number of benzene rings is 1. The molecule has 8 heteroatoms. The van der Waals surface area contributed by atoms with Crippen molar-refractivity contribution in [3.05, 3.63) is 51.4 Å². The van der Waals surface area contributed by atoms with Crippen molar-refractivity contribution in [2.75, 3.05) is 19.0 Å². The number of carbonyl (C=O) groups excluding carboxylic acids is 2. The number of hydrogen-bond acceptors (Lipinski definition) is 5. The van der Waals surface area contributed by atoms with Gasteiger partial charge in [-0.2, -0.15) is 0 Å². The Balaban J connectivity index is 1.89. The number of aryl methyl sites for hydroxylation is 1. The smallest absolute Gasteiger partial charge is 0.331 e. The maximum absolute atomic E-state index is 11.9. The Labute approximate surface area is 157 Å². The minimum atomic E-state index is -0.665. The third-order valence-corrected chi connectivity index (χ3v) is 3.91. The summed E-state index contributed by atoms with van der Waals surface area (Å²) in [6.45, 7) is 1.37. The first-order chi connectivity index (χ1) is 11.9. The molecule has 6 nitrogen and oxygen atoms in total. The van der Waals surface area contributed by atoms with Crippen molar-refractivity contribution < 1.29 is 23.5 Å². The Morgan fingerprint density at radius 2 is 2.12 bits per heavy atom. The van der Waals surface area contributed by atoms with Gasteiger partial charge < -0.3 is 19.2 Å². The zero-order chi connectivity index (χ0) is 18.4. The van der Waals surface area contributed by atoms with Crippen molar-refractivity contribution in [3.63, 3.8) is 0 Å². The second kappa shape index (κ2) is 8.73. The summed E-state index contributed by atoms with van der Waals surface area (Å²) in [6, 6.07) is 6.65. The average molecular weight is 429 g/mol. The van der Waals surface area contributed by atoms with Crippen LogP contribution < -0.4 is 10.1 Å². The summed E-state index contributed by atoms with van der Waals surface area (Å²) in [4.78, 5) is 23.6. The molecule has 1 aromatic heterocycles. The number of ether oxygens (including phenoxy) is 2. The molecule has 0 bridgehead atoms. The van der Waals surface area contributed by atoms with E-state index in [4.69, 9.17) is 25.5 Å². The lowest BCUT2D eigenvalue weighted by molar-refractivity contribution is -0.142. The Kier molecular flexibility index (Phi) is 6.66. The molecule has 25 heavy (non-hydrogen) atoms. The lowest BCUT2D eigenvalue weighted by atomic mass is 10.2. The van der Waals surface area contributed by atoms with Crippen LogP contribution in [0.1, 0.15) is 11.3 Å². The summed E-state index contributed by atoms with van der Waals surface area (Å²) in [7, 11) is 1.47. The molecule has 1 aromatic carbocycles. The molecule has 1 N–H and O–H groups in total. The Bertz CT molecular complexity index is 815. The van der Waals surface area contributed by atoms with Crippen LogP contribution in [0.5, 0.6) is 5.75 Å². The lowest BCUT2D eigenvalue weighted by Gasteiger charge is -2.12. The topological polar surface area (TPSA) is 77.8 Å². The third kappa shape index (κ3) is 5.65. The number of halogens is 2. The van der Waals surface area contributed by atoms with Crippen LogP contribution in [0.2, 0.25) is 5.02 Å². The number of anilines is 1. The van der Waals surface area contributed by atoms with Crippen molar-refractivity contribution in [1.29, 1.82) is 0 Å². The Morgan fingerprint density at radius 1 is 1.36 bits per heavy atom. The number of amides is 1. The first kappa shape index (κ1) is 19.1. The maximum atomic E-state index is 11.9. The normalized spacial score (nSPS) is 10.7. The molecular weight excluding hydrogens is 414 g/mol. The molecule has 2 aromatic rings. The molecule has 132 valence electrons. The summed E-state index contributed by atoms with van der Waals surface area (Å²) in [5.74, 6) is -0.266. The molecule has 0 saturated carbocycles. The predicted molar refractivity (Wildman–Crippen MR) is 97.8 cm³/mol. The molecule has 0 radical (unpaired) electrons. The highest BCUT2D eigenvalue weighted by Crippen LogP contribution is 2.30. The average Bonchev–Trinajstić information content (AvgIpc) is 2.99. The van der Waals surface area contributed by atoms with Gasteiger partial charge in [0.15, 0.2) is 11.3 Å². The van der Waals surface area contributed by atoms with E-state index in [2.05, 4.69) is 21.2 Å². The largest absolute Gasteiger partial charge is 0.495 e. The van der Waals surface area contributed by atoms with Crippen molar-refractivity contribution in [2.24, 2.45) is 0 Å². The van der Waals surface area contributed by atoms with E-state index in [1.54, 1.807) is 31.2 Å². The van der Waals surface area contributed by atoms with Gasteiger partial charge in [0.05, 0.1) is 12.8 Å². The number of furan rings is 1. The first-order valence-corrected chi connectivity index (χ1v) is 8.30. The van der Waals surface area contributed by atoms with Gasteiger partial charge in [-0.05, 0) is 52.7 Å². The van der Waals surface area contributed by atoms with Crippen molar-refractivity contribution in [2.45, 2.75) is 6.92 Å². The van der Waals surface area contributed by atoms with Crippen LogP contribution in [-0.4, -0.2) is 25.6 Å². The van der Waals surface area contributed by atoms with Gasteiger partial charge in [-0.1, -0.05) is 11.6 Å². The van der Waals surface area contributed by atoms with Gasteiger partial charge in [0, 0.05) is 17.2 Å². The SMILES string of the molecule is COc1cc(Cl)c(C)cc1NC(=O)COC(=O)/C=C/c1ccc(Br)o1. The minimum absolute atomic E-state index is 0.415. The van der Waals surface area contributed by atoms with E-state index in [0.717, 1.165) is 5.56 Å². The van der Waals surface area contributed by atoms with Crippen LogP contribution in [0.4, 0.5) is 5.69 Å². The van der Waals surface area contributed by atoms with Crippen LogP contribution in [0.15, 0.2) is 39.4 Å². The van der Waals surface area contributed by atoms with Crippen molar-refractivity contribution in [1.82, 2.24) is 0 Å².